The number of carbonyl (C=O) groups excluding carboxylic acids is 1. The van der Waals surface area contributed by atoms with Crippen LogP contribution in [0.1, 0.15) is 24.8 Å². The lowest BCUT2D eigenvalue weighted by molar-refractivity contribution is -0.116. The Balaban J connectivity index is 0.00000288. The van der Waals surface area contributed by atoms with E-state index in [1.807, 2.05) is 39.2 Å². The monoisotopic (exact) mass is 391 g/mol. The molecule has 7 heteroatoms. The predicted molar refractivity (Wildman–Crippen MR) is 109 cm³/mol. The summed E-state index contributed by atoms with van der Waals surface area (Å²) in [4.78, 5) is 14.3. The molecule has 1 aliphatic heterocycles. The van der Waals surface area contributed by atoms with E-state index >= 15 is 0 Å². The van der Waals surface area contributed by atoms with Crippen LogP contribution in [0.3, 0.4) is 0 Å². The van der Waals surface area contributed by atoms with E-state index in [1.165, 1.54) is 6.42 Å². The van der Waals surface area contributed by atoms with E-state index in [1.54, 1.807) is 0 Å². The summed E-state index contributed by atoms with van der Waals surface area (Å²) in [5.74, 6) is 1.45. The summed E-state index contributed by atoms with van der Waals surface area (Å²) >= 11 is 0. The molecule has 0 radical (unpaired) electrons. The third-order valence-corrected chi connectivity index (χ3v) is 4.15. The number of likely N-dealkylation sites (N-methyl/N-ethyl adjacent to an activating group) is 1. The molecule has 0 aliphatic carbocycles. The van der Waals surface area contributed by atoms with Crippen LogP contribution in [0.15, 0.2) is 18.2 Å². The van der Waals surface area contributed by atoms with Crippen molar-refractivity contribution in [2.75, 3.05) is 45.7 Å². The van der Waals surface area contributed by atoms with Crippen molar-refractivity contribution >= 4 is 36.4 Å². The number of ether oxygens (including phenoxy) is 1. The maximum Gasteiger partial charge on any atom is 0.224 e. The molecule has 1 unspecified atom stereocenters. The van der Waals surface area contributed by atoms with Crippen LogP contribution < -0.4 is 15.4 Å². The first-order valence-electron chi connectivity index (χ1n) is 8.43. The van der Waals surface area contributed by atoms with Crippen LogP contribution in [-0.4, -0.2) is 51.1 Å². The van der Waals surface area contributed by atoms with Crippen LogP contribution in [0.25, 0.3) is 0 Å². The molecule has 1 amide bonds. The van der Waals surface area contributed by atoms with Crippen LogP contribution >= 0.6 is 24.8 Å². The molecular formula is C18H31Cl2N3O2. The van der Waals surface area contributed by atoms with Crippen molar-refractivity contribution < 1.29 is 9.53 Å². The maximum atomic E-state index is 12.2. The van der Waals surface area contributed by atoms with E-state index < -0.39 is 0 Å². The predicted octanol–water partition coefficient (Wildman–Crippen LogP) is 3.11. The average Bonchev–Trinajstić information content (AvgIpc) is 3.01. The molecule has 1 aliphatic rings. The molecule has 1 fully saturated rings. The van der Waals surface area contributed by atoms with Crippen molar-refractivity contribution in [2.45, 2.75) is 26.2 Å². The number of hydrogen-bond acceptors (Lipinski definition) is 4. The normalized spacial score (nSPS) is 16.1. The van der Waals surface area contributed by atoms with Crippen LogP contribution in [0.5, 0.6) is 5.75 Å². The van der Waals surface area contributed by atoms with E-state index in [9.17, 15) is 4.79 Å². The van der Waals surface area contributed by atoms with Crippen LogP contribution in [0, 0.1) is 12.8 Å². The maximum absolute atomic E-state index is 12.2. The Bertz CT molecular complexity index is 521. The van der Waals surface area contributed by atoms with Gasteiger partial charge in [0.1, 0.15) is 12.4 Å². The Morgan fingerprint density at radius 3 is 2.76 bits per heavy atom. The van der Waals surface area contributed by atoms with Gasteiger partial charge in [-0.3, -0.25) is 4.79 Å². The molecule has 0 aromatic heterocycles. The number of hydrogen-bond donors (Lipinski definition) is 2. The highest BCUT2D eigenvalue weighted by Crippen LogP contribution is 2.26. The van der Waals surface area contributed by atoms with Gasteiger partial charge >= 0.3 is 0 Å². The van der Waals surface area contributed by atoms with Gasteiger partial charge in [-0.15, -0.1) is 24.8 Å². The summed E-state index contributed by atoms with van der Waals surface area (Å²) in [6.07, 6.45) is 2.69. The zero-order chi connectivity index (χ0) is 16.7. The van der Waals surface area contributed by atoms with E-state index in [0.29, 0.717) is 18.9 Å². The Morgan fingerprint density at radius 2 is 2.12 bits per heavy atom. The Kier molecular flexibility index (Phi) is 11.9. The third kappa shape index (κ3) is 8.77. The average molecular weight is 392 g/mol. The van der Waals surface area contributed by atoms with Crippen molar-refractivity contribution in [3.8, 4) is 5.75 Å². The molecule has 2 N–H and O–H groups in total. The van der Waals surface area contributed by atoms with Crippen molar-refractivity contribution in [1.82, 2.24) is 10.2 Å². The quantitative estimate of drug-likeness (QED) is 0.714. The number of nitrogens with zero attached hydrogens (tertiary/aromatic N) is 1. The van der Waals surface area contributed by atoms with Crippen molar-refractivity contribution in [1.29, 1.82) is 0 Å². The summed E-state index contributed by atoms with van der Waals surface area (Å²) in [6.45, 7) is 5.59. The molecule has 5 nitrogen and oxygen atoms in total. The highest BCUT2D eigenvalue weighted by molar-refractivity contribution is 5.92. The van der Waals surface area contributed by atoms with Gasteiger partial charge in [-0.2, -0.15) is 0 Å². The number of aryl methyl sites for hydroxylation is 1. The van der Waals surface area contributed by atoms with Gasteiger partial charge < -0.3 is 20.3 Å². The highest BCUT2D eigenvalue weighted by Gasteiger charge is 2.16. The van der Waals surface area contributed by atoms with Gasteiger partial charge in [-0.1, -0.05) is 6.07 Å². The van der Waals surface area contributed by atoms with Crippen molar-refractivity contribution in [3.05, 3.63) is 23.8 Å². The number of anilines is 1. The van der Waals surface area contributed by atoms with E-state index in [4.69, 9.17) is 4.74 Å². The third-order valence-electron chi connectivity index (χ3n) is 4.15. The minimum Gasteiger partial charge on any atom is -0.490 e. The number of benzene rings is 1. The number of rotatable bonds is 8. The molecule has 1 aromatic carbocycles. The summed E-state index contributed by atoms with van der Waals surface area (Å²) in [7, 11) is 4.03. The van der Waals surface area contributed by atoms with Crippen LogP contribution in [-0.2, 0) is 4.79 Å². The fourth-order valence-electron chi connectivity index (χ4n) is 2.70. The van der Waals surface area contributed by atoms with Crippen molar-refractivity contribution in [2.24, 2.45) is 5.92 Å². The lowest BCUT2D eigenvalue weighted by Crippen LogP contribution is -2.20. The molecule has 0 bridgehead atoms. The van der Waals surface area contributed by atoms with Gasteiger partial charge in [0.05, 0.1) is 5.69 Å². The second kappa shape index (κ2) is 12.4. The highest BCUT2D eigenvalue weighted by atomic mass is 35.5. The van der Waals surface area contributed by atoms with Crippen LogP contribution in [0.4, 0.5) is 5.69 Å². The second-order valence-corrected chi connectivity index (χ2v) is 6.60. The number of amides is 1. The molecule has 25 heavy (non-hydrogen) atoms. The topological polar surface area (TPSA) is 53.6 Å². The standard InChI is InChI=1S/C18H29N3O2.2ClH/c1-14-4-6-16(17(12-14)23-11-10-21(2)3)20-18(22)7-5-15-8-9-19-13-15;;/h4,6,12,15,19H,5,7-11,13H2,1-3H3,(H,20,22);2*1H. The molecule has 1 atom stereocenters. The van der Waals surface area contributed by atoms with Crippen molar-refractivity contribution in [3.63, 3.8) is 0 Å². The molecule has 0 spiro atoms. The first-order chi connectivity index (χ1) is 11.0. The molecule has 1 aromatic rings. The molecular weight excluding hydrogens is 361 g/mol. The van der Waals surface area contributed by atoms with Gasteiger partial charge in [-0.25, -0.2) is 0 Å². The number of carbonyl (C=O) groups is 1. The fraction of sp³-hybridized carbons (Fsp3) is 0.611. The first kappa shape index (κ1) is 24.0. The molecule has 1 heterocycles. The second-order valence-electron chi connectivity index (χ2n) is 6.60. The summed E-state index contributed by atoms with van der Waals surface area (Å²) in [6, 6.07) is 5.90. The molecule has 0 saturated carbocycles. The first-order valence-corrected chi connectivity index (χ1v) is 8.43. The van der Waals surface area contributed by atoms with Gasteiger partial charge in [0, 0.05) is 13.0 Å². The Labute approximate surface area is 163 Å². The molecule has 2 rings (SSSR count). The summed E-state index contributed by atoms with van der Waals surface area (Å²) in [5, 5.41) is 6.34. The van der Waals surface area contributed by atoms with Crippen LogP contribution in [0.2, 0.25) is 0 Å². The van der Waals surface area contributed by atoms with Gasteiger partial charge in [0.15, 0.2) is 0 Å². The minimum absolute atomic E-state index is 0. The fourth-order valence-corrected chi connectivity index (χ4v) is 2.70. The zero-order valence-electron chi connectivity index (χ0n) is 15.3. The smallest absolute Gasteiger partial charge is 0.224 e. The van der Waals surface area contributed by atoms with Gasteiger partial charge in [0.25, 0.3) is 0 Å². The summed E-state index contributed by atoms with van der Waals surface area (Å²) in [5.41, 5.74) is 1.89. The lowest BCUT2D eigenvalue weighted by Gasteiger charge is -2.15. The van der Waals surface area contributed by atoms with E-state index in [-0.39, 0.29) is 30.7 Å². The zero-order valence-corrected chi connectivity index (χ0v) is 17.0. The molecule has 144 valence electrons. The largest absolute Gasteiger partial charge is 0.490 e. The number of halogens is 2. The Hall–Kier alpha value is -1.01. The van der Waals surface area contributed by atoms with Gasteiger partial charge in [0.2, 0.25) is 5.91 Å². The van der Waals surface area contributed by atoms with E-state index in [2.05, 4.69) is 15.5 Å². The molecule has 1 saturated heterocycles. The van der Waals surface area contributed by atoms with Gasteiger partial charge in [-0.05, 0) is 70.6 Å². The SMILES string of the molecule is Cc1ccc(NC(=O)CCC2CCNC2)c(OCCN(C)C)c1.Cl.Cl. The summed E-state index contributed by atoms with van der Waals surface area (Å²) < 4.78 is 5.84. The van der Waals surface area contributed by atoms with E-state index in [0.717, 1.165) is 43.1 Å². The minimum atomic E-state index is 0. The Morgan fingerprint density at radius 1 is 1.36 bits per heavy atom. The number of nitrogens with one attached hydrogen (secondary N) is 2. The lowest BCUT2D eigenvalue weighted by atomic mass is 10.0.